The fourth-order valence-corrected chi connectivity index (χ4v) is 1.27. The molecule has 1 aromatic carbocycles. The maximum atomic E-state index is 8.46. The lowest BCUT2D eigenvalue weighted by atomic mass is 10.1. The van der Waals surface area contributed by atoms with E-state index in [0.29, 0.717) is 0 Å². The second-order valence-corrected chi connectivity index (χ2v) is 3.15. The summed E-state index contributed by atoms with van der Waals surface area (Å²) in [5.74, 6) is 0.854. The molecule has 2 nitrogen and oxygen atoms in total. The summed E-state index contributed by atoms with van der Waals surface area (Å²) in [6.07, 6.45) is 2.37. The van der Waals surface area contributed by atoms with Gasteiger partial charge in [-0.15, -0.1) is 0 Å². The number of ether oxygens (including phenoxy) is 1. The van der Waals surface area contributed by atoms with Gasteiger partial charge in [-0.1, -0.05) is 17.7 Å². The van der Waals surface area contributed by atoms with E-state index in [9.17, 15) is 0 Å². The maximum absolute atomic E-state index is 8.46. The van der Waals surface area contributed by atoms with Crippen molar-refractivity contribution in [1.82, 2.24) is 0 Å². The van der Waals surface area contributed by atoms with Gasteiger partial charge in [-0.2, -0.15) is 5.26 Å². The Labute approximate surface area is 84.4 Å². The van der Waals surface area contributed by atoms with Gasteiger partial charge in [0.15, 0.2) is 0 Å². The molecule has 0 aliphatic heterocycles. The molecule has 0 amide bonds. The number of benzene rings is 1. The summed E-state index contributed by atoms with van der Waals surface area (Å²) in [5.41, 5.74) is 2.22. The minimum atomic E-state index is 0.796. The summed E-state index contributed by atoms with van der Waals surface area (Å²) < 4.78 is 5.11. The first kappa shape index (κ1) is 10.3. The minimum absolute atomic E-state index is 0.796. The highest BCUT2D eigenvalue weighted by Crippen LogP contribution is 2.15. The Morgan fingerprint density at radius 2 is 2.36 bits per heavy atom. The number of nitriles is 1. The number of allylic oxidation sites excluding steroid dienone is 2. The summed E-state index contributed by atoms with van der Waals surface area (Å²) >= 11 is 0. The van der Waals surface area contributed by atoms with Gasteiger partial charge < -0.3 is 4.74 Å². The fraction of sp³-hybridized carbons (Fsp3) is 0.250. The predicted molar refractivity (Wildman–Crippen MR) is 56.1 cm³/mol. The van der Waals surface area contributed by atoms with Crippen LogP contribution in [0.15, 0.2) is 35.9 Å². The second-order valence-electron chi connectivity index (χ2n) is 3.15. The van der Waals surface area contributed by atoms with Crippen molar-refractivity contribution in [3.63, 3.8) is 0 Å². The summed E-state index contributed by atoms with van der Waals surface area (Å²) in [6.45, 7) is 1.95. The lowest BCUT2D eigenvalue weighted by molar-refractivity contribution is 0.414. The minimum Gasteiger partial charge on any atom is -0.497 e. The van der Waals surface area contributed by atoms with Crippen molar-refractivity contribution in [2.75, 3.05) is 7.11 Å². The van der Waals surface area contributed by atoms with E-state index in [1.807, 2.05) is 37.3 Å². The molecule has 0 atom stereocenters. The first-order valence-electron chi connectivity index (χ1n) is 4.44. The van der Waals surface area contributed by atoms with Crippen LogP contribution in [0.25, 0.3) is 0 Å². The summed E-state index contributed by atoms with van der Waals surface area (Å²) in [7, 11) is 1.65. The molecule has 0 aliphatic carbocycles. The van der Waals surface area contributed by atoms with Gasteiger partial charge in [0.1, 0.15) is 5.75 Å². The molecule has 0 aromatic heterocycles. The molecule has 0 bridgehead atoms. The predicted octanol–water partition coefficient (Wildman–Crippen LogP) is 2.71. The Bertz CT molecular complexity index is 374. The number of nitrogens with zero attached hydrogens (tertiary/aromatic N) is 1. The lowest BCUT2D eigenvalue weighted by Crippen LogP contribution is -1.88. The van der Waals surface area contributed by atoms with Gasteiger partial charge in [-0.3, -0.25) is 0 Å². The van der Waals surface area contributed by atoms with Crippen molar-refractivity contribution in [2.45, 2.75) is 13.3 Å². The van der Waals surface area contributed by atoms with Crippen molar-refractivity contribution in [3.05, 3.63) is 41.5 Å². The smallest absolute Gasteiger partial charge is 0.119 e. The van der Waals surface area contributed by atoms with E-state index in [4.69, 9.17) is 10.00 Å². The zero-order valence-corrected chi connectivity index (χ0v) is 8.45. The lowest BCUT2D eigenvalue weighted by Gasteiger charge is -2.03. The Kier molecular flexibility index (Phi) is 3.75. The molecule has 2 heteroatoms. The van der Waals surface area contributed by atoms with E-state index in [0.717, 1.165) is 23.3 Å². The van der Waals surface area contributed by atoms with Gasteiger partial charge >= 0.3 is 0 Å². The average Bonchev–Trinajstić information content (AvgIpc) is 2.18. The number of methoxy groups -OCH3 is 1. The molecule has 0 heterocycles. The van der Waals surface area contributed by atoms with Crippen molar-refractivity contribution >= 4 is 0 Å². The standard InChI is InChI=1S/C12H13NO/c1-10(6-7-13)8-11-4-3-5-12(9-11)14-2/h3-6,9H,8H2,1-2H3/b10-6-. The third-order valence-electron chi connectivity index (χ3n) is 1.93. The molecular weight excluding hydrogens is 174 g/mol. The first-order chi connectivity index (χ1) is 6.76. The fourth-order valence-electron chi connectivity index (χ4n) is 1.27. The van der Waals surface area contributed by atoms with E-state index in [1.165, 1.54) is 0 Å². The molecule has 14 heavy (non-hydrogen) atoms. The van der Waals surface area contributed by atoms with Crippen LogP contribution in [0.3, 0.4) is 0 Å². The molecular formula is C12H13NO. The van der Waals surface area contributed by atoms with Crippen LogP contribution in [-0.2, 0) is 6.42 Å². The molecule has 0 fully saturated rings. The molecule has 0 saturated carbocycles. The molecule has 0 spiro atoms. The number of hydrogen-bond donors (Lipinski definition) is 0. The second kappa shape index (κ2) is 5.08. The van der Waals surface area contributed by atoms with Gasteiger partial charge in [-0.05, 0) is 31.0 Å². The normalized spacial score (nSPS) is 10.8. The molecule has 0 N–H and O–H groups in total. The highest BCUT2D eigenvalue weighted by molar-refractivity contribution is 5.31. The molecule has 1 aromatic rings. The first-order valence-corrected chi connectivity index (χ1v) is 4.44. The zero-order valence-electron chi connectivity index (χ0n) is 8.45. The van der Waals surface area contributed by atoms with Crippen molar-refractivity contribution in [3.8, 4) is 11.8 Å². The van der Waals surface area contributed by atoms with Crippen LogP contribution in [0.1, 0.15) is 12.5 Å². The van der Waals surface area contributed by atoms with E-state index in [2.05, 4.69) is 0 Å². The van der Waals surface area contributed by atoms with Gasteiger partial charge in [-0.25, -0.2) is 0 Å². The Hall–Kier alpha value is -1.75. The number of hydrogen-bond acceptors (Lipinski definition) is 2. The van der Waals surface area contributed by atoms with Crippen LogP contribution in [0.4, 0.5) is 0 Å². The zero-order chi connectivity index (χ0) is 10.4. The maximum Gasteiger partial charge on any atom is 0.119 e. The average molecular weight is 187 g/mol. The van der Waals surface area contributed by atoms with Crippen LogP contribution in [-0.4, -0.2) is 7.11 Å². The third-order valence-corrected chi connectivity index (χ3v) is 1.93. The molecule has 0 radical (unpaired) electrons. The monoisotopic (exact) mass is 187 g/mol. The number of rotatable bonds is 3. The van der Waals surface area contributed by atoms with E-state index in [1.54, 1.807) is 13.2 Å². The SMILES string of the molecule is COc1cccc(C/C(C)=C\C#N)c1. The van der Waals surface area contributed by atoms with Crippen LogP contribution in [0.5, 0.6) is 5.75 Å². The molecule has 1 rings (SSSR count). The van der Waals surface area contributed by atoms with Crippen LogP contribution in [0, 0.1) is 11.3 Å². The van der Waals surface area contributed by atoms with Crippen molar-refractivity contribution < 1.29 is 4.74 Å². The largest absolute Gasteiger partial charge is 0.497 e. The quantitative estimate of drug-likeness (QED) is 0.681. The molecule has 72 valence electrons. The van der Waals surface area contributed by atoms with Crippen molar-refractivity contribution in [1.29, 1.82) is 5.26 Å². The van der Waals surface area contributed by atoms with Crippen LogP contribution < -0.4 is 4.74 Å². The highest BCUT2D eigenvalue weighted by Gasteiger charge is 1.96. The molecule has 0 aliphatic rings. The summed E-state index contributed by atoms with van der Waals surface area (Å²) in [4.78, 5) is 0. The Balaban J connectivity index is 2.78. The van der Waals surface area contributed by atoms with Gasteiger partial charge in [0.2, 0.25) is 0 Å². The Morgan fingerprint density at radius 3 is 3.00 bits per heavy atom. The summed E-state index contributed by atoms with van der Waals surface area (Å²) in [6, 6.07) is 9.89. The topological polar surface area (TPSA) is 33.0 Å². The van der Waals surface area contributed by atoms with E-state index >= 15 is 0 Å². The van der Waals surface area contributed by atoms with Crippen LogP contribution >= 0.6 is 0 Å². The highest BCUT2D eigenvalue weighted by atomic mass is 16.5. The Morgan fingerprint density at radius 1 is 1.57 bits per heavy atom. The van der Waals surface area contributed by atoms with Crippen LogP contribution in [0.2, 0.25) is 0 Å². The van der Waals surface area contributed by atoms with E-state index < -0.39 is 0 Å². The summed E-state index contributed by atoms with van der Waals surface area (Å²) in [5, 5.41) is 8.46. The van der Waals surface area contributed by atoms with Crippen molar-refractivity contribution in [2.24, 2.45) is 0 Å². The molecule has 0 saturated heterocycles. The van der Waals surface area contributed by atoms with Gasteiger partial charge in [0, 0.05) is 6.08 Å². The molecule has 0 unspecified atom stereocenters. The van der Waals surface area contributed by atoms with Gasteiger partial charge in [0.25, 0.3) is 0 Å². The van der Waals surface area contributed by atoms with E-state index in [-0.39, 0.29) is 0 Å². The van der Waals surface area contributed by atoms with Gasteiger partial charge in [0.05, 0.1) is 13.2 Å². The third kappa shape index (κ3) is 2.95.